The van der Waals surface area contributed by atoms with E-state index in [1.807, 2.05) is 24.3 Å². The summed E-state index contributed by atoms with van der Waals surface area (Å²) in [5.41, 5.74) is 7.47. The molecule has 3 nitrogen and oxygen atoms in total. The number of pyridine rings is 1. The first-order chi connectivity index (χ1) is 8.06. The average Bonchev–Trinajstić information content (AvgIpc) is 2.27. The van der Waals surface area contributed by atoms with Crippen molar-refractivity contribution in [1.29, 1.82) is 0 Å². The van der Waals surface area contributed by atoms with E-state index in [9.17, 15) is 0 Å². The van der Waals surface area contributed by atoms with Crippen molar-refractivity contribution in [3.05, 3.63) is 43.0 Å². The van der Waals surface area contributed by atoms with Gasteiger partial charge in [-0.3, -0.25) is 0 Å². The minimum atomic E-state index is 0.607. The third-order valence-corrected chi connectivity index (χ3v) is 3.93. The molecule has 2 aromatic rings. The Morgan fingerprint density at radius 1 is 1.18 bits per heavy atom. The molecule has 0 unspecified atom stereocenters. The summed E-state index contributed by atoms with van der Waals surface area (Å²) in [6.07, 6.45) is 1.71. The van der Waals surface area contributed by atoms with Crippen LogP contribution in [-0.4, -0.2) is 4.98 Å². The van der Waals surface area contributed by atoms with E-state index in [1.165, 1.54) is 0 Å². The molecule has 0 radical (unpaired) electrons. The average molecular weight is 469 g/mol. The maximum atomic E-state index is 5.89. The van der Waals surface area contributed by atoms with Gasteiger partial charge in [0, 0.05) is 18.7 Å². The molecule has 0 bridgehead atoms. The van der Waals surface area contributed by atoms with Crippen molar-refractivity contribution in [3.8, 4) is 0 Å². The molecule has 0 amide bonds. The zero-order valence-corrected chi connectivity index (χ0v) is 13.9. The summed E-state index contributed by atoms with van der Waals surface area (Å²) in [5, 5.41) is 3.21. The monoisotopic (exact) mass is 467 g/mol. The first-order valence-electron chi connectivity index (χ1n) is 4.69. The van der Waals surface area contributed by atoms with Crippen LogP contribution in [0.25, 0.3) is 0 Å². The summed E-state index contributed by atoms with van der Waals surface area (Å²) in [7, 11) is 0. The van der Waals surface area contributed by atoms with E-state index in [0.717, 1.165) is 18.2 Å². The highest BCUT2D eigenvalue weighted by molar-refractivity contribution is 14.1. The Bertz CT molecular complexity index is 560. The van der Waals surface area contributed by atoms with Crippen LogP contribution < -0.4 is 11.1 Å². The van der Waals surface area contributed by atoms with E-state index in [1.54, 1.807) is 6.20 Å². The van der Waals surface area contributed by atoms with Crippen molar-refractivity contribution < 1.29 is 0 Å². The van der Waals surface area contributed by atoms with Gasteiger partial charge in [-0.25, -0.2) is 4.98 Å². The van der Waals surface area contributed by atoms with Crippen LogP contribution in [0.5, 0.6) is 0 Å². The first kappa shape index (κ1) is 13.1. The summed E-state index contributed by atoms with van der Waals surface area (Å²) >= 11 is 9.03. The quantitative estimate of drug-likeness (QED) is 0.636. The minimum absolute atomic E-state index is 0.607. The summed E-state index contributed by atoms with van der Waals surface area (Å²) in [4.78, 5) is 4.24. The van der Waals surface area contributed by atoms with Crippen molar-refractivity contribution >= 4 is 71.6 Å². The molecule has 0 aliphatic rings. The molecule has 1 aromatic carbocycles. The summed E-state index contributed by atoms with van der Waals surface area (Å²) < 4.78 is 2.98. The topological polar surface area (TPSA) is 50.9 Å². The smallest absolute Gasteiger partial charge is 0.153 e. The van der Waals surface area contributed by atoms with E-state index in [4.69, 9.17) is 5.73 Å². The maximum absolute atomic E-state index is 5.89. The fourth-order valence-corrected chi connectivity index (χ4v) is 2.46. The van der Waals surface area contributed by atoms with Crippen LogP contribution >= 0.6 is 54.5 Å². The Hall–Kier alpha value is -0.340. The SMILES string of the molecule is Nc1cc(Br)cnc1Nc1cc(Br)ccc1I. The number of rotatable bonds is 2. The molecule has 0 fully saturated rings. The number of anilines is 3. The lowest BCUT2D eigenvalue weighted by atomic mass is 10.3. The summed E-state index contributed by atoms with van der Waals surface area (Å²) in [6.45, 7) is 0. The van der Waals surface area contributed by atoms with Gasteiger partial charge in [-0.05, 0) is 62.8 Å². The zero-order valence-electron chi connectivity index (χ0n) is 8.55. The van der Waals surface area contributed by atoms with Gasteiger partial charge in [0.2, 0.25) is 0 Å². The number of hydrogen-bond acceptors (Lipinski definition) is 3. The normalized spacial score (nSPS) is 10.3. The van der Waals surface area contributed by atoms with Gasteiger partial charge in [-0.1, -0.05) is 15.9 Å². The molecular formula is C11H8Br2IN3. The first-order valence-corrected chi connectivity index (χ1v) is 7.36. The van der Waals surface area contributed by atoms with Crippen molar-refractivity contribution in [1.82, 2.24) is 4.98 Å². The number of hydrogen-bond donors (Lipinski definition) is 2. The molecule has 1 aromatic heterocycles. The molecule has 0 aliphatic heterocycles. The second-order valence-corrected chi connectivity index (χ2v) is 6.33. The van der Waals surface area contributed by atoms with Gasteiger partial charge in [-0.15, -0.1) is 0 Å². The predicted octanol–water partition coefficient (Wildman–Crippen LogP) is 4.54. The second-order valence-electron chi connectivity index (χ2n) is 3.34. The van der Waals surface area contributed by atoms with Gasteiger partial charge in [0.1, 0.15) is 0 Å². The number of aromatic nitrogens is 1. The number of nitrogens with two attached hydrogens (primary N) is 1. The van der Waals surface area contributed by atoms with Crippen molar-refractivity contribution in [2.75, 3.05) is 11.1 Å². The van der Waals surface area contributed by atoms with Crippen molar-refractivity contribution in [2.45, 2.75) is 0 Å². The lowest BCUT2D eigenvalue weighted by Gasteiger charge is -2.10. The zero-order chi connectivity index (χ0) is 12.4. The highest BCUT2D eigenvalue weighted by Crippen LogP contribution is 2.28. The standard InChI is InChI=1S/C11H8Br2IN3/c12-6-1-2-8(14)10(4-6)17-11-9(15)3-7(13)5-16-11/h1-5H,15H2,(H,16,17). The van der Waals surface area contributed by atoms with Gasteiger partial charge in [-0.2, -0.15) is 0 Å². The van der Waals surface area contributed by atoms with E-state index in [2.05, 4.69) is 64.8 Å². The molecule has 17 heavy (non-hydrogen) atoms. The Morgan fingerprint density at radius 2 is 1.94 bits per heavy atom. The Balaban J connectivity index is 2.34. The fraction of sp³-hybridized carbons (Fsp3) is 0. The summed E-state index contributed by atoms with van der Waals surface area (Å²) in [6, 6.07) is 7.82. The summed E-state index contributed by atoms with van der Waals surface area (Å²) in [5.74, 6) is 0.657. The van der Waals surface area contributed by atoms with Crippen LogP contribution in [0.15, 0.2) is 39.4 Å². The van der Waals surface area contributed by atoms with Crippen molar-refractivity contribution in [3.63, 3.8) is 0 Å². The lowest BCUT2D eigenvalue weighted by molar-refractivity contribution is 1.29. The number of nitrogens with one attached hydrogen (secondary N) is 1. The highest BCUT2D eigenvalue weighted by atomic mass is 127. The number of nitrogen functional groups attached to an aromatic ring is 1. The van der Waals surface area contributed by atoms with Crippen molar-refractivity contribution in [2.24, 2.45) is 0 Å². The van der Waals surface area contributed by atoms with Gasteiger partial charge in [0.15, 0.2) is 5.82 Å². The molecule has 3 N–H and O–H groups in total. The van der Waals surface area contributed by atoms with Gasteiger partial charge in [0.05, 0.1) is 11.4 Å². The third-order valence-electron chi connectivity index (χ3n) is 2.07. The molecule has 0 spiro atoms. The molecule has 0 aliphatic carbocycles. The van der Waals surface area contributed by atoms with E-state index in [0.29, 0.717) is 11.5 Å². The molecule has 2 rings (SSSR count). The molecule has 6 heteroatoms. The highest BCUT2D eigenvalue weighted by Gasteiger charge is 2.05. The maximum Gasteiger partial charge on any atom is 0.153 e. The molecule has 0 atom stereocenters. The van der Waals surface area contributed by atoms with E-state index in [-0.39, 0.29) is 0 Å². The number of nitrogens with zero attached hydrogens (tertiary/aromatic N) is 1. The van der Waals surface area contributed by atoms with Crippen LogP contribution in [0.1, 0.15) is 0 Å². The lowest BCUT2D eigenvalue weighted by Crippen LogP contribution is -2.00. The molecular weight excluding hydrogens is 461 g/mol. The molecule has 88 valence electrons. The fourth-order valence-electron chi connectivity index (χ4n) is 1.28. The van der Waals surface area contributed by atoms with Crippen LogP contribution in [0.2, 0.25) is 0 Å². The van der Waals surface area contributed by atoms with Gasteiger partial charge >= 0.3 is 0 Å². The van der Waals surface area contributed by atoms with Crippen LogP contribution in [0.3, 0.4) is 0 Å². The Labute approximate surface area is 130 Å². The predicted molar refractivity (Wildman–Crippen MR) is 86.5 cm³/mol. The Kier molecular flexibility index (Phi) is 4.26. The van der Waals surface area contributed by atoms with E-state index >= 15 is 0 Å². The van der Waals surface area contributed by atoms with Gasteiger partial charge in [0.25, 0.3) is 0 Å². The van der Waals surface area contributed by atoms with Gasteiger partial charge < -0.3 is 11.1 Å². The number of halogens is 3. The molecule has 1 heterocycles. The molecule has 0 saturated heterocycles. The van der Waals surface area contributed by atoms with E-state index < -0.39 is 0 Å². The second kappa shape index (κ2) is 5.53. The molecule has 0 saturated carbocycles. The largest absolute Gasteiger partial charge is 0.396 e. The van der Waals surface area contributed by atoms with Crippen LogP contribution in [0.4, 0.5) is 17.2 Å². The van der Waals surface area contributed by atoms with Crippen LogP contribution in [-0.2, 0) is 0 Å². The minimum Gasteiger partial charge on any atom is -0.396 e. The Morgan fingerprint density at radius 3 is 2.65 bits per heavy atom. The van der Waals surface area contributed by atoms with Crippen LogP contribution in [0, 0.1) is 3.57 Å². The number of benzene rings is 1. The third kappa shape index (κ3) is 3.32.